The van der Waals surface area contributed by atoms with E-state index in [4.69, 9.17) is 23.2 Å². The average molecular weight is 648 g/mol. The van der Waals surface area contributed by atoms with Crippen molar-refractivity contribution in [3.63, 3.8) is 0 Å². The Kier molecular flexibility index (Phi) is 9.71. The number of hydrogen-bond donors (Lipinski definition) is 1. The molecule has 0 saturated carbocycles. The van der Waals surface area contributed by atoms with Crippen molar-refractivity contribution in [3.8, 4) is 0 Å². The van der Waals surface area contributed by atoms with Gasteiger partial charge in [0.25, 0.3) is 0 Å². The molecule has 0 spiro atoms. The summed E-state index contributed by atoms with van der Waals surface area (Å²) in [5, 5.41) is 3.83. The molecule has 1 aliphatic heterocycles. The van der Waals surface area contributed by atoms with Crippen molar-refractivity contribution in [2.45, 2.75) is 49.7 Å². The monoisotopic (exact) mass is 646 g/mol. The maximum Gasteiger partial charge on any atom is 0.249 e. The lowest BCUT2D eigenvalue weighted by Gasteiger charge is -2.41. The van der Waals surface area contributed by atoms with Crippen molar-refractivity contribution in [1.82, 2.24) is 9.62 Å². The topological polar surface area (TPSA) is 83.6 Å². The molecule has 9 heteroatoms. The van der Waals surface area contributed by atoms with Crippen LogP contribution in [0.15, 0.2) is 120 Å². The van der Waals surface area contributed by atoms with Crippen LogP contribution in [0.4, 0.5) is 0 Å². The van der Waals surface area contributed by atoms with Crippen LogP contribution in [-0.2, 0) is 26.0 Å². The number of halogens is 2. The maximum absolute atomic E-state index is 14.7. The maximum atomic E-state index is 14.7. The number of benzene rings is 4. The predicted octanol–water partition coefficient (Wildman–Crippen LogP) is 7.42. The lowest BCUT2D eigenvalue weighted by atomic mass is 9.88. The summed E-state index contributed by atoms with van der Waals surface area (Å²) >= 11 is 12.6. The summed E-state index contributed by atoms with van der Waals surface area (Å²) in [6.07, 6.45) is 2.29. The van der Waals surface area contributed by atoms with E-state index in [1.165, 1.54) is 11.2 Å². The molecule has 1 aliphatic rings. The van der Waals surface area contributed by atoms with Gasteiger partial charge >= 0.3 is 0 Å². The molecule has 44 heavy (non-hydrogen) atoms. The van der Waals surface area contributed by atoms with E-state index in [0.29, 0.717) is 27.6 Å². The van der Waals surface area contributed by atoms with E-state index in [0.717, 1.165) is 11.1 Å². The zero-order valence-corrected chi connectivity index (χ0v) is 26.6. The fraction of sp³-hybridized carbons (Fsp3) is 0.200. The number of rotatable bonds is 9. The van der Waals surface area contributed by atoms with Gasteiger partial charge in [-0.3, -0.25) is 9.59 Å². The predicted molar refractivity (Wildman–Crippen MR) is 174 cm³/mol. The van der Waals surface area contributed by atoms with Crippen LogP contribution in [-0.4, -0.2) is 30.5 Å². The fourth-order valence-corrected chi connectivity index (χ4v) is 7.95. The third-order valence-electron chi connectivity index (χ3n) is 7.83. The molecule has 226 valence electrons. The van der Waals surface area contributed by atoms with Crippen molar-refractivity contribution in [3.05, 3.63) is 147 Å². The summed E-state index contributed by atoms with van der Waals surface area (Å²) < 4.78 is 30.8. The number of Topliss-reactive ketones (excluding diaryl/α,β-unsaturated/α-hetero) is 1. The van der Waals surface area contributed by atoms with Crippen molar-refractivity contribution in [2.24, 2.45) is 0 Å². The number of amides is 1. The van der Waals surface area contributed by atoms with Crippen LogP contribution in [0.2, 0.25) is 10.0 Å². The molecule has 0 fully saturated rings. The first-order valence-corrected chi connectivity index (χ1v) is 16.4. The third kappa shape index (κ3) is 6.81. The summed E-state index contributed by atoms with van der Waals surface area (Å²) in [6.45, 7) is 3.18. The first-order chi connectivity index (χ1) is 21.1. The van der Waals surface area contributed by atoms with E-state index >= 15 is 0 Å². The Morgan fingerprint density at radius 1 is 0.864 bits per heavy atom. The largest absolute Gasteiger partial charge is 0.342 e. The second-order valence-corrected chi connectivity index (χ2v) is 13.5. The van der Waals surface area contributed by atoms with Gasteiger partial charge in [-0.2, -0.15) is 4.31 Å². The van der Waals surface area contributed by atoms with Gasteiger partial charge in [-0.1, -0.05) is 102 Å². The van der Waals surface area contributed by atoms with Crippen molar-refractivity contribution in [1.29, 1.82) is 0 Å². The number of nitrogens with one attached hydrogen (secondary N) is 1. The highest BCUT2D eigenvalue weighted by molar-refractivity contribution is 7.89. The van der Waals surface area contributed by atoms with E-state index in [-0.39, 0.29) is 22.7 Å². The highest BCUT2D eigenvalue weighted by Gasteiger charge is 2.45. The minimum absolute atomic E-state index is 0.137. The number of nitrogens with zero attached hydrogens (tertiary/aromatic N) is 1. The minimum atomic E-state index is -4.20. The molecule has 3 atom stereocenters. The Morgan fingerprint density at radius 2 is 1.55 bits per heavy atom. The summed E-state index contributed by atoms with van der Waals surface area (Å²) in [7, 11) is -4.20. The van der Waals surface area contributed by atoms with Crippen LogP contribution in [0.5, 0.6) is 0 Å². The minimum Gasteiger partial charge on any atom is -0.342 e. The molecule has 0 radical (unpaired) electrons. The van der Waals surface area contributed by atoms with Crippen molar-refractivity contribution >= 4 is 44.9 Å². The van der Waals surface area contributed by atoms with Gasteiger partial charge in [0, 0.05) is 15.6 Å². The molecule has 1 N–H and O–H groups in total. The SMILES string of the molecule is CC(=O)[C@H](Cc1ccccc1)NC(=O)C1=CCC(c2ccc(Cl)cc2)N(S(=O)(=O)c2ccccc2C)[C@H]1c1cccc(Cl)c1. The molecular weight excluding hydrogens is 615 g/mol. The van der Waals surface area contributed by atoms with Crippen LogP contribution >= 0.6 is 23.2 Å². The van der Waals surface area contributed by atoms with Gasteiger partial charge in [0.2, 0.25) is 15.9 Å². The Hall–Kier alpha value is -3.75. The second kappa shape index (κ2) is 13.5. The smallest absolute Gasteiger partial charge is 0.249 e. The van der Waals surface area contributed by atoms with E-state index < -0.39 is 34.1 Å². The first kappa shape index (κ1) is 31.7. The second-order valence-electron chi connectivity index (χ2n) is 10.8. The molecule has 1 heterocycles. The number of carbonyl (C=O) groups is 2. The highest BCUT2D eigenvalue weighted by atomic mass is 35.5. The molecule has 0 bridgehead atoms. The average Bonchev–Trinajstić information content (AvgIpc) is 3.01. The molecule has 4 aromatic rings. The van der Waals surface area contributed by atoms with Crippen LogP contribution in [0.3, 0.4) is 0 Å². The van der Waals surface area contributed by atoms with Gasteiger partial charge in [0.05, 0.1) is 23.0 Å². The molecule has 0 aliphatic carbocycles. The van der Waals surface area contributed by atoms with E-state index in [2.05, 4.69) is 5.32 Å². The number of aryl methyl sites for hydroxylation is 1. The number of carbonyl (C=O) groups excluding carboxylic acids is 2. The molecule has 0 saturated heterocycles. The molecule has 1 amide bonds. The quantitative estimate of drug-likeness (QED) is 0.205. The lowest BCUT2D eigenvalue weighted by Crippen LogP contribution is -2.47. The van der Waals surface area contributed by atoms with Gasteiger partial charge in [0.15, 0.2) is 5.78 Å². The van der Waals surface area contributed by atoms with Gasteiger partial charge in [-0.15, -0.1) is 0 Å². The zero-order valence-electron chi connectivity index (χ0n) is 24.3. The Balaban J connectivity index is 1.66. The number of sulfonamides is 1. The lowest BCUT2D eigenvalue weighted by molar-refractivity contribution is -0.125. The van der Waals surface area contributed by atoms with E-state index in [9.17, 15) is 18.0 Å². The first-order valence-electron chi connectivity index (χ1n) is 14.2. The summed E-state index contributed by atoms with van der Waals surface area (Å²) in [4.78, 5) is 27.0. The Bertz CT molecular complexity index is 1810. The van der Waals surface area contributed by atoms with Crippen LogP contribution in [0.25, 0.3) is 0 Å². The van der Waals surface area contributed by atoms with Gasteiger partial charge in [-0.25, -0.2) is 8.42 Å². The standard InChI is InChI=1S/C35H32Cl2N2O4S/c1-23-9-6-7-14-33(23)44(42,43)39-32(26-15-17-28(36)18-16-26)20-19-30(34(39)27-12-8-13-29(37)22-27)35(41)38-31(24(2)40)21-25-10-4-3-5-11-25/h3-19,22,31-32,34H,20-21H2,1-2H3,(H,38,41)/t31-,32?,34-/m0/s1. The molecule has 4 aromatic carbocycles. The van der Waals surface area contributed by atoms with Crippen molar-refractivity contribution < 1.29 is 18.0 Å². The number of hydrogen-bond acceptors (Lipinski definition) is 4. The fourth-order valence-electron chi connectivity index (χ4n) is 5.61. The molecule has 0 aromatic heterocycles. The highest BCUT2D eigenvalue weighted by Crippen LogP contribution is 2.46. The summed E-state index contributed by atoms with van der Waals surface area (Å²) in [5.74, 6) is -0.730. The third-order valence-corrected chi connectivity index (χ3v) is 10.3. The number of ketones is 1. The van der Waals surface area contributed by atoms with E-state index in [1.807, 2.05) is 30.3 Å². The van der Waals surface area contributed by atoms with Crippen LogP contribution in [0, 0.1) is 6.92 Å². The van der Waals surface area contributed by atoms with E-state index in [1.54, 1.807) is 85.8 Å². The summed E-state index contributed by atoms with van der Waals surface area (Å²) in [6, 6.07) is 27.6. The molecule has 1 unspecified atom stereocenters. The Labute approximate surface area is 268 Å². The van der Waals surface area contributed by atoms with Gasteiger partial charge in [0.1, 0.15) is 0 Å². The van der Waals surface area contributed by atoms with Crippen molar-refractivity contribution in [2.75, 3.05) is 0 Å². The van der Waals surface area contributed by atoms with Gasteiger partial charge < -0.3 is 5.32 Å². The molecule has 5 rings (SSSR count). The Morgan fingerprint density at radius 3 is 2.20 bits per heavy atom. The van der Waals surface area contributed by atoms with Crippen LogP contribution < -0.4 is 5.32 Å². The summed E-state index contributed by atoms with van der Waals surface area (Å²) in [5.41, 5.74) is 2.93. The molecular formula is C35H32Cl2N2O4S. The molecule has 6 nitrogen and oxygen atoms in total. The van der Waals surface area contributed by atoms with Crippen LogP contribution in [0.1, 0.15) is 47.7 Å². The zero-order chi connectivity index (χ0) is 31.4. The van der Waals surface area contributed by atoms with Gasteiger partial charge in [-0.05, 0) is 79.3 Å². The normalized spacial score (nSPS) is 17.9.